The van der Waals surface area contributed by atoms with Gasteiger partial charge in [-0.1, -0.05) is 12.1 Å². The summed E-state index contributed by atoms with van der Waals surface area (Å²) in [7, 11) is 0. The van der Waals surface area contributed by atoms with Gasteiger partial charge in [0.25, 0.3) is 0 Å². The zero-order chi connectivity index (χ0) is 14.3. The molecule has 0 saturated carbocycles. The number of rotatable bonds is 5. The molecule has 0 atom stereocenters. The third-order valence-electron chi connectivity index (χ3n) is 2.48. The average Bonchev–Trinajstić information content (AvgIpc) is 2.39. The lowest BCUT2D eigenvalue weighted by molar-refractivity contribution is 0.0525. The molecular weight excluding hydrogens is 260 g/mol. The minimum Gasteiger partial charge on any atom is -0.462 e. The number of esters is 1. The molecule has 0 aliphatic rings. The van der Waals surface area contributed by atoms with E-state index < -0.39 is 0 Å². The van der Waals surface area contributed by atoms with Crippen LogP contribution in [-0.2, 0) is 4.74 Å². The third kappa shape index (κ3) is 4.37. The molecule has 5 heteroatoms. The highest BCUT2D eigenvalue weighted by atomic mass is 32.1. The number of carbonyl (C=O) groups is 1. The smallest absolute Gasteiger partial charge is 0.338 e. The lowest BCUT2D eigenvalue weighted by atomic mass is 10.1. The quantitative estimate of drug-likeness (QED) is 0.492. The zero-order valence-electron chi connectivity index (χ0n) is 11.2. The number of benzene rings is 1. The molecule has 0 spiro atoms. The van der Waals surface area contributed by atoms with E-state index in [1.807, 2.05) is 13.0 Å². The molecule has 0 aromatic heterocycles. The summed E-state index contributed by atoms with van der Waals surface area (Å²) >= 11 is 5.14. The van der Waals surface area contributed by atoms with Gasteiger partial charge >= 0.3 is 5.97 Å². The summed E-state index contributed by atoms with van der Waals surface area (Å²) in [6, 6.07) is 5.39. The molecule has 4 nitrogen and oxygen atoms in total. The van der Waals surface area contributed by atoms with Crippen molar-refractivity contribution in [3.05, 3.63) is 42.0 Å². The second-order valence-electron chi connectivity index (χ2n) is 3.82. The summed E-state index contributed by atoms with van der Waals surface area (Å²) in [5.74, 6) is -0.325. The summed E-state index contributed by atoms with van der Waals surface area (Å²) < 4.78 is 5.01. The summed E-state index contributed by atoms with van der Waals surface area (Å²) in [5, 5.41) is 6.50. The SMILES string of the molecule is C=CCNC(=S)Nc1cccc(C(=O)OCC)c1C. The van der Waals surface area contributed by atoms with Gasteiger partial charge in [-0.2, -0.15) is 0 Å². The van der Waals surface area contributed by atoms with Crippen molar-refractivity contribution in [3.63, 3.8) is 0 Å². The Kier molecular flexibility index (Phi) is 6.02. The van der Waals surface area contributed by atoms with Crippen molar-refractivity contribution >= 4 is 29.0 Å². The van der Waals surface area contributed by atoms with Crippen LogP contribution in [0.5, 0.6) is 0 Å². The van der Waals surface area contributed by atoms with E-state index in [1.54, 1.807) is 25.1 Å². The standard InChI is InChI=1S/C14H18N2O2S/c1-4-9-15-14(19)16-12-8-6-7-11(10(12)3)13(17)18-5-2/h4,6-8H,1,5,9H2,2-3H3,(H2,15,16,19). The molecule has 0 fully saturated rings. The predicted molar refractivity (Wildman–Crippen MR) is 81.6 cm³/mol. The number of hydrogen-bond acceptors (Lipinski definition) is 3. The lowest BCUT2D eigenvalue weighted by Crippen LogP contribution is -2.28. The Hall–Kier alpha value is -1.88. The van der Waals surface area contributed by atoms with Crippen LogP contribution in [0.15, 0.2) is 30.9 Å². The Morgan fingerprint density at radius 2 is 2.26 bits per heavy atom. The zero-order valence-corrected chi connectivity index (χ0v) is 12.0. The van der Waals surface area contributed by atoms with Gasteiger partial charge in [-0.25, -0.2) is 4.79 Å². The maximum Gasteiger partial charge on any atom is 0.338 e. The summed E-state index contributed by atoms with van der Waals surface area (Å²) in [6.07, 6.45) is 1.72. The normalized spacial score (nSPS) is 9.58. The lowest BCUT2D eigenvalue weighted by Gasteiger charge is -2.13. The number of ether oxygens (including phenoxy) is 1. The minimum absolute atomic E-state index is 0.325. The van der Waals surface area contributed by atoms with Gasteiger partial charge in [-0.15, -0.1) is 6.58 Å². The Morgan fingerprint density at radius 1 is 1.53 bits per heavy atom. The Labute approximate surface area is 118 Å². The first kappa shape index (κ1) is 15.2. The fourth-order valence-electron chi connectivity index (χ4n) is 1.53. The third-order valence-corrected chi connectivity index (χ3v) is 2.73. The predicted octanol–water partition coefficient (Wildman–Crippen LogP) is 2.64. The number of nitrogens with one attached hydrogen (secondary N) is 2. The van der Waals surface area contributed by atoms with Crippen molar-refractivity contribution in [2.75, 3.05) is 18.5 Å². The molecule has 0 saturated heterocycles. The molecule has 0 aliphatic heterocycles. The Morgan fingerprint density at radius 3 is 2.89 bits per heavy atom. The van der Waals surface area contributed by atoms with Crippen molar-refractivity contribution in [2.45, 2.75) is 13.8 Å². The Bertz CT molecular complexity index is 486. The average molecular weight is 278 g/mol. The van der Waals surface area contributed by atoms with Crippen molar-refractivity contribution in [1.29, 1.82) is 0 Å². The largest absolute Gasteiger partial charge is 0.462 e. The molecule has 1 aromatic carbocycles. The van der Waals surface area contributed by atoms with E-state index in [2.05, 4.69) is 17.2 Å². The number of anilines is 1. The van der Waals surface area contributed by atoms with Crippen LogP contribution >= 0.6 is 12.2 Å². The molecule has 19 heavy (non-hydrogen) atoms. The molecule has 1 aromatic rings. The maximum absolute atomic E-state index is 11.8. The first-order chi connectivity index (χ1) is 9.10. The van der Waals surface area contributed by atoms with Gasteiger partial charge in [-0.05, 0) is 43.8 Å². The van der Waals surface area contributed by atoms with E-state index in [4.69, 9.17) is 17.0 Å². The van der Waals surface area contributed by atoms with Crippen molar-refractivity contribution in [2.24, 2.45) is 0 Å². The van der Waals surface area contributed by atoms with Gasteiger partial charge in [0.2, 0.25) is 0 Å². The van der Waals surface area contributed by atoms with Crippen LogP contribution in [0.2, 0.25) is 0 Å². The van der Waals surface area contributed by atoms with Crippen molar-refractivity contribution < 1.29 is 9.53 Å². The molecular formula is C14H18N2O2S. The fourth-order valence-corrected chi connectivity index (χ4v) is 1.73. The number of hydrogen-bond donors (Lipinski definition) is 2. The first-order valence-corrected chi connectivity index (χ1v) is 6.43. The molecule has 0 radical (unpaired) electrons. The first-order valence-electron chi connectivity index (χ1n) is 6.02. The van der Waals surface area contributed by atoms with Gasteiger partial charge in [0.15, 0.2) is 5.11 Å². The molecule has 0 heterocycles. The highest BCUT2D eigenvalue weighted by Gasteiger charge is 2.12. The van der Waals surface area contributed by atoms with E-state index in [0.717, 1.165) is 11.3 Å². The van der Waals surface area contributed by atoms with E-state index in [-0.39, 0.29) is 5.97 Å². The molecule has 0 bridgehead atoms. The van der Waals surface area contributed by atoms with Crippen molar-refractivity contribution in [3.8, 4) is 0 Å². The van der Waals surface area contributed by atoms with E-state index in [0.29, 0.717) is 23.8 Å². The summed E-state index contributed by atoms with van der Waals surface area (Å²) in [6.45, 7) is 8.18. The maximum atomic E-state index is 11.8. The highest BCUT2D eigenvalue weighted by Crippen LogP contribution is 2.19. The van der Waals surface area contributed by atoms with Crippen LogP contribution in [0.25, 0.3) is 0 Å². The van der Waals surface area contributed by atoms with Crippen LogP contribution < -0.4 is 10.6 Å². The molecule has 0 aliphatic carbocycles. The van der Waals surface area contributed by atoms with E-state index in [1.165, 1.54) is 0 Å². The second kappa shape index (κ2) is 7.53. The molecule has 0 amide bonds. The van der Waals surface area contributed by atoms with Gasteiger partial charge in [-0.3, -0.25) is 0 Å². The van der Waals surface area contributed by atoms with E-state index >= 15 is 0 Å². The molecule has 1 rings (SSSR count). The highest BCUT2D eigenvalue weighted by molar-refractivity contribution is 7.80. The summed E-state index contributed by atoms with van der Waals surface area (Å²) in [4.78, 5) is 11.8. The monoisotopic (exact) mass is 278 g/mol. The second-order valence-corrected chi connectivity index (χ2v) is 4.23. The molecule has 2 N–H and O–H groups in total. The van der Waals surface area contributed by atoms with Crippen molar-refractivity contribution in [1.82, 2.24) is 5.32 Å². The molecule has 0 unspecified atom stereocenters. The van der Waals surface area contributed by atoms with E-state index in [9.17, 15) is 4.79 Å². The Balaban J connectivity index is 2.85. The van der Waals surface area contributed by atoms with Gasteiger partial charge in [0.1, 0.15) is 0 Å². The van der Waals surface area contributed by atoms with Gasteiger partial charge < -0.3 is 15.4 Å². The minimum atomic E-state index is -0.325. The van der Waals surface area contributed by atoms with Crippen LogP contribution in [-0.4, -0.2) is 24.2 Å². The van der Waals surface area contributed by atoms with Gasteiger partial charge in [0, 0.05) is 12.2 Å². The van der Waals surface area contributed by atoms with Gasteiger partial charge in [0.05, 0.1) is 12.2 Å². The van der Waals surface area contributed by atoms with Crippen LogP contribution in [0.3, 0.4) is 0 Å². The molecule has 102 valence electrons. The topological polar surface area (TPSA) is 50.4 Å². The summed E-state index contributed by atoms with van der Waals surface area (Å²) in [5.41, 5.74) is 2.13. The van der Waals surface area contributed by atoms with Crippen LogP contribution in [0.1, 0.15) is 22.8 Å². The van der Waals surface area contributed by atoms with Crippen LogP contribution in [0.4, 0.5) is 5.69 Å². The van der Waals surface area contributed by atoms with Crippen LogP contribution in [0, 0.1) is 6.92 Å². The number of thiocarbonyl (C=S) groups is 1. The number of carbonyl (C=O) groups excluding carboxylic acids is 1. The fraction of sp³-hybridized carbons (Fsp3) is 0.286.